The molecule has 0 fully saturated rings. The van der Waals surface area contributed by atoms with Crippen molar-refractivity contribution in [1.82, 2.24) is 5.32 Å². The number of nitrogens with one attached hydrogen (secondary N) is 1. The Morgan fingerprint density at radius 1 is 1.33 bits per heavy atom. The smallest absolute Gasteiger partial charge is 0.260 e. The maximum atomic E-state index is 13.7. The summed E-state index contributed by atoms with van der Waals surface area (Å²) in [6, 6.07) is 4.31. The Bertz CT molecular complexity index is 473. The zero-order chi connectivity index (χ0) is 16.0. The van der Waals surface area contributed by atoms with E-state index in [1.807, 2.05) is 13.8 Å². The van der Waals surface area contributed by atoms with Crippen molar-refractivity contribution < 1.29 is 19.0 Å². The van der Waals surface area contributed by atoms with Crippen molar-refractivity contribution in [3.63, 3.8) is 0 Å². The lowest BCUT2D eigenvalue weighted by Gasteiger charge is -2.19. The molecular weight excluding hydrogens is 273 g/mol. The van der Waals surface area contributed by atoms with Gasteiger partial charge in [0.25, 0.3) is 5.91 Å². The summed E-state index contributed by atoms with van der Waals surface area (Å²) in [5, 5.41) is 12.3. The van der Waals surface area contributed by atoms with E-state index in [2.05, 4.69) is 5.32 Å². The summed E-state index contributed by atoms with van der Waals surface area (Å²) in [5.74, 6) is -0.497. The van der Waals surface area contributed by atoms with E-state index in [0.717, 1.165) is 12.8 Å². The molecule has 1 aromatic rings. The number of carbonyl (C=O) groups is 1. The molecule has 1 rings (SSSR count). The number of aliphatic hydroxyl groups excluding tert-OH is 1. The number of hydrogen-bond donors (Lipinski definition) is 2. The third kappa shape index (κ3) is 5.01. The molecule has 0 aliphatic heterocycles. The molecule has 0 saturated carbocycles. The summed E-state index contributed by atoms with van der Waals surface area (Å²) in [6.45, 7) is 7.12. The van der Waals surface area contributed by atoms with Gasteiger partial charge in [-0.25, -0.2) is 4.39 Å². The summed E-state index contributed by atoms with van der Waals surface area (Å²) in [4.78, 5) is 12.0. The van der Waals surface area contributed by atoms with Crippen LogP contribution in [-0.4, -0.2) is 23.2 Å². The van der Waals surface area contributed by atoms with Gasteiger partial charge >= 0.3 is 0 Å². The van der Waals surface area contributed by atoms with Gasteiger partial charge in [-0.15, -0.1) is 0 Å². The highest BCUT2D eigenvalue weighted by Gasteiger charge is 2.18. The second kappa shape index (κ2) is 7.98. The Morgan fingerprint density at radius 3 is 2.43 bits per heavy atom. The summed E-state index contributed by atoms with van der Waals surface area (Å²) in [5.41, 5.74) is 0.205. The summed E-state index contributed by atoms with van der Waals surface area (Å²) < 4.78 is 19.2. The van der Waals surface area contributed by atoms with Crippen LogP contribution in [0.5, 0.6) is 5.75 Å². The van der Waals surface area contributed by atoms with Crippen molar-refractivity contribution in [2.24, 2.45) is 0 Å². The predicted molar refractivity (Wildman–Crippen MR) is 79.6 cm³/mol. The van der Waals surface area contributed by atoms with Crippen molar-refractivity contribution in [3.05, 3.63) is 29.6 Å². The second-order valence-electron chi connectivity index (χ2n) is 5.14. The monoisotopic (exact) mass is 297 g/mol. The highest BCUT2D eigenvalue weighted by Crippen LogP contribution is 2.22. The zero-order valence-corrected chi connectivity index (χ0v) is 13.0. The van der Waals surface area contributed by atoms with Crippen LogP contribution < -0.4 is 10.1 Å². The van der Waals surface area contributed by atoms with E-state index in [9.17, 15) is 14.3 Å². The molecule has 118 valence electrons. The van der Waals surface area contributed by atoms with E-state index >= 15 is 0 Å². The Balaban J connectivity index is 2.68. The lowest BCUT2D eigenvalue weighted by Crippen LogP contribution is -2.42. The van der Waals surface area contributed by atoms with Crippen LogP contribution in [0.1, 0.15) is 52.2 Å². The fraction of sp³-hybridized carbons (Fsp3) is 0.562. The van der Waals surface area contributed by atoms with Gasteiger partial charge in [0.2, 0.25) is 0 Å². The average Bonchev–Trinajstić information content (AvgIpc) is 2.44. The first kappa shape index (κ1) is 17.4. The molecule has 0 aliphatic rings. The van der Waals surface area contributed by atoms with Gasteiger partial charge < -0.3 is 15.2 Å². The van der Waals surface area contributed by atoms with Crippen molar-refractivity contribution in [2.45, 2.75) is 58.8 Å². The molecule has 0 spiro atoms. The van der Waals surface area contributed by atoms with E-state index in [4.69, 9.17) is 4.74 Å². The van der Waals surface area contributed by atoms with Gasteiger partial charge in [0.1, 0.15) is 11.6 Å². The molecule has 0 radical (unpaired) electrons. The topological polar surface area (TPSA) is 58.6 Å². The van der Waals surface area contributed by atoms with Crippen LogP contribution in [0.15, 0.2) is 18.2 Å². The van der Waals surface area contributed by atoms with Gasteiger partial charge in [-0.2, -0.15) is 0 Å². The van der Waals surface area contributed by atoms with Gasteiger partial charge in [0.15, 0.2) is 6.10 Å². The highest BCUT2D eigenvalue weighted by molar-refractivity contribution is 5.81. The van der Waals surface area contributed by atoms with Gasteiger partial charge in [0.05, 0.1) is 6.10 Å². The molecule has 2 atom stereocenters. The lowest BCUT2D eigenvalue weighted by atomic mass is 10.1. The minimum absolute atomic E-state index is 0.123. The molecular formula is C16H24FNO3. The maximum absolute atomic E-state index is 13.7. The molecule has 0 bridgehead atoms. The number of halogens is 1. The van der Waals surface area contributed by atoms with Crippen LogP contribution in [-0.2, 0) is 4.79 Å². The maximum Gasteiger partial charge on any atom is 0.260 e. The molecule has 4 nitrogen and oxygen atoms in total. The SMILES string of the molecule is CCC(CC)NC(=O)C(C)Oc1ccc(C(C)O)c(F)c1. The van der Waals surface area contributed by atoms with Crippen LogP contribution in [0, 0.1) is 5.82 Å². The Kier molecular flexibility index (Phi) is 6.62. The third-order valence-electron chi connectivity index (χ3n) is 3.44. The van der Waals surface area contributed by atoms with Gasteiger partial charge in [-0.05, 0) is 38.8 Å². The van der Waals surface area contributed by atoms with Crippen LogP contribution in [0.25, 0.3) is 0 Å². The first-order chi connectivity index (χ1) is 9.88. The minimum Gasteiger partial charge on any atom is -0.481 e. The third-order valence-corrected chi connectivity index (χ3v) is 3.44. The molecule has 1 amide bonds. The van der Waals surface area contributed by atoms with Crippen molar-refractivity contribution >= 4 is 5.91 Å². The molecule has 2 N–H and O–H groups in total. The number of hydrogen-bond acceptors (Lipinski definition) is 3. The molecule has 0 aromatic heterocycles. The largest absolute Gasteiger partial charge is 0.481 e. The van der Waals surface area contributed by atoms with E-state index in [1.54, 1.807) is 13.0 Å². The Hall–Kier alpha value is -1.62. The van der Waals surface area contributed by atoms with Gasteiger partial charge in [0, 0.05) is 17.7 Å². The van der Waals surface area contributed by atoms with Gasteiger partial charge in [-0.3, -0.25) is 4.79 Å². The van der Waals surface area contributed by atoms with E-state index < -0.39 is 18.0 Å². The molecule has 0 aliphatic carbocycles. The lowest BCUT2D eigenvalue weighted by molar-refractivity contribution is -0.128. The first-order valence-electron chi connectivity index (χ1n) is 7.33. The van der Waals surface area contributed by atoms with Crippen LogP contribution in [0.3, 0.4) is 0 Å². The Labute approximate surface area is 125 Å². The second-order valence-corrected chi connectivity index (χ2v) is 5.14. The normalized spacial score (nSPS) is 13.9. The van der Waals surface area contributed by atoms with Crippen LogP contribution in [0.4, 0.5) is 4.39 Å². The molecule has 2 unspecified atom stereocenters. The van der Waals surface area contributed by atoms with E-state index in [0.29, 0.717) is 0 Å². The first-order valence-corrected chi connectivity index (χ1v) is 7.33. The highest BCUT2D eigenvalue weighted by atomic mass is 19.1. The number of aliphatic hydroxyl groups is 1. The fourth-order valence-corrected chi connectivity index (χ4v) is 1.99. The molecule has 0 saturated heterocycles. The summed E-state index contributed by atoms with van der Waals surface area (Å²) >= 11 is 0. The fourth-order valence-electron chi connectivity index (χ4n) is 1.99. The van der Waals surface area contributed by atoms with Crippen molar-refractivity contribution in [1.29, 1.82) is 0 Å². The van der Waals surface area contributed by atoms with E-state index in [1.165, 1.54) is 19.1 Å². The molecule has 0 heterocycles. The molecule has 5 heteroatoms. The van der Waals surface area contributed by atoms with Gasteiger partial charge in [-0.1, -0.05) is 13.8 Å². The number of benzene rings is 1. The average molecular weight is 297 g/mol. The Morgan fingerprint density at radius 2 is 1.95 bits per heavy atom. The number of ether oxygens (including phenoxy) is 1. The van der Waals surface area contributed by atoms with Crippen molar-refractivity contribution in [2.75, 3.05) is 0 Å². The number of carbonyl (C=O) groups excluding carboxylic acids is 1. The molecule has 21 heavy (non-hydrogen) atoms. The quantitative estimate of drug-likeness (QED) is 0.813. The zero-order valence-electron chi connectivity index (χ0n) is 13.0. The predicted octanol–water partition coefficient (Wildman–Crippen LogP) is 2.95. The standard InChI is InChI=1S/C16H24FNO3/c1-5-12(6-2)18-16(20)11(4)21-13-7-8-14(10(3)19)15(17)9-13/h7-12,19H,5-6H2,1-4H3,(H,18,20). The number of rotatable bonds is 7. The summed E-state index contributed by atoms with van der Waals surface area (Å²) in [7, 11) is 0. The van der Waals surface area contributed by atoms with Crippen molar-refractivity contribution in [3.8, 4) is 5.75 Å². The summed E-state index contributed by atoms with van der Waals surface area (Å²) in [6.07, 6.45) is 0.122. The number of amides is 1. The molecule has 1 aromatic carbocycles. The van der Waals surface area contributed by atoms with E-state index in [-0.39, 0.29) is 23.3 Å². The van der Waals surface area contributed by atoms with Crippen LogP contribution >= 0.6 is 0 Å². The minimum atomic E-state index is -0.880. The van der Waals surface area contributed by atoms with Crippen LogP contribution in [0.2, 0.25) is 0 Å².